The number of carbonyl (C=O) groups excluding carboxylic acids is 1. The van der Waals surface area contributed by atoms with E-state index in [-0.39, 0.29) is 18.5 Å². The first-order chi connectivity index (χ1) is 11.7. The van der Waals surface area contributed by atoms with Gasteiger partial charge >= 0.3 is 0 Å². The van der Waals surface area contributed by atoms with E-state index in [2.05, 4.69) is 5.10 Å². The van der Waals surface area contributed by atoms with Crippen LogP contribution >= 0.6 is 0 Å². The molecule has 0 bridgehead atoms. The Labute approximate surface area is 140 Å². The van der Waals surface area contributed by atoms with E-state index < -0.39 is 0 Å². The molecule has 1 amide bonds. The molecule has 0 aliphatic carbocycles. The Balaban J connectivity index is 1.59. The fourth-order valence-electron chi connectivity index (χ4n) is 3.34. The van der Waals surface area contributed by atoms with Crippen molar-refractivity contribution in [3.05, 3.63) is 54.5 Å². The number of nitrogens with zero attached hydrogens (tertiary/aromatic N) is 4. The number of aryl methyl sites for hydroxylation is 1. The molecule has 1 fully saturated rings. The van der Waals surface area contributed by atoms with E-state index in [0.29, 0.717) is 19.8 Å². The third-order valence-electron chi connectivity index (χ3n) is 4.61. The van der Waals surface area contributed by atoms with Crippen LogP contribution in [0.25, 0.3) is 10.9 Å². The highest BCUT2D eigenvalue weighted by atomic mass is 16.5. The molecule has 1 aliphatic heterocycles. The molecule has 2 aromatic heterocycles. The summed E-state index contributed by atoms with van der Waals surface area (Å²) in [6, 6.07) is 11.9. The Morgan fingerprint density at radius 1 is 1.29 bits per heavy atom. The summed E-state index contributed by atoms with van der Waals surface area (Å²) < 4.78 is 9.43. The van der Waals surface area contributed by atoms with Crippen LogP contribution in [0.4, 0.5) is 0 Å². The summed E-state index contributed by atoms with van der Waals surface area (Å²) in [6.45, 7) is 1.96. The average Bonchev–Trinajstić information content (AvgIpc) is 3.21. The topological polar surface area (TPSA) is 52.3 Å². The SMILES string of the molecule is Cn1cccc1C1COCCN1C(=O)Cn1ncc2ccccc21. The fraction of sp³-hybridized carbons (Fsp3) is 0.333. The van der Waals surface area contributed by atoms with Gasteiger partial charge in [0.1, 0.15) is 6.54 Å². The Kier molecular flexibility index (Phi) is 3.82. The predicted octanol–water partition coefficient (Wildman–Crippen LogP) is 1.97. The second kappa shape index (κ2) is 6.13. The summed E-state index contributed by atoms with van der Waals surface area (Å²) in [4.78, 5) is 14.8. The molecule has 0 spiro atoms. The van der Waals surface area contributed by atoms with Crippen molar-refractivity contribution in [1.82, 2.24) is 19.2 Å². The lowest BCUT2D eigenvalue weighted by Gasteiger charge is -2.36. The number of amides is 1. The van der Waals surface area contributed by atoms with Gasteiger partial charge in [0.15, 0.2) is 0 Å². The summed E-state index contributed by atoms with van der Waals surface area (Å²) in [6.07, 6.45) is 3.80. The highest BCUT2D eigenvalue weighted by Crippen LogP contribution is 2.25. The number of rotatable bonds is 3. The maximum absolute atomic E-state index is 12.9. The van der Waals surface area contributed by atoms with Gasteiger partial charge in [-0.05, 0) is 18.2 Å². The van der Waals surface area contributed by atoms with Gasteiger partial charge in [-0.3, -0.25) is 9.48 Å². The van der Waals surface area contributed by atoms with Crippen molar-refractivity contribution in [1.29, 1.82) is 0 Å². The minimum Gasteiger partial charge on any atom is -0.377 e. The third-order valence-corrected chi connectivity index (χ3v) is 4.61. The molecular formula is C18H20N4O2. The summed E-state index contributed by atoms with van der Waals surface area (Å²) in [5.41, 5.74) is 2.07. The Morgan fingerprint density at radius 3 is 3.00 bits per heavy atom. The number of morpholine rings is 1. The molecule has 1 saturated heterocycles. The van der Waals surface area contributed by atoms with Gasteiger partial charge in [0.2, 0.25) is 5.91 Å². The minimum absolute atomic E-state index is 0.0481. The van der Waals surface area contributed by atoms with Crippen molar-refractivity contribution in [3.8, 4) is 0 Å². The van der Waals surface area contributed by atoms with Crippen molar-refractivity contribution in [2.24, 2.45) is 7.05 Å². The standard InChI is InChI=1S/C18H20N4O2/c1-20-8-4-7-16(20)17-13-24-10-9-21(17)18(23)12-22-15-6-3-2-5-14(15)11-19-22/h2-8,11,17H,9-10,12-13H2,1H3. The van der Waals surface area contributed by atoms with Crippen LogP contribution in [0.5, 0.6) is 0 Å². The summed E-state index contributed by atoms with van der Waals surface area (Å²) in [5, 5.41) is 5.42. The van der Waals surface area contributed by atoms with Crippen LogP contribution in [-0.4, -0.2) is 44.9 Å². The molecule has 124 valence electrons. The molecule has 0 radical (unpaired) electrons. The molecule has 0 N–H and O–H groups in total. The number of aromatic nitrogens is 3. The minimum atomic E-state index is -0.0481. The molecule has 4 rings (SSSR count). The van der Waals surface area contributed by atoms with E-state index in [9.17, 15) is 4.79 Å². The molecule has 1 unspecified atom stereocenters. The lowest BCUT2D eigenvalue weighted by molar-refractivity contribution is -0.141. The fourth-order valence-corrected chi connectivity index (χ4v) is 3.34. The van der Waals surface area contributed by atoms with E-state index in [1.54, 1.807) is 10.9 Å². The van der Waals surface area contributed by atoms with Gasteiger partial charge in [-0.1, -0.05) is 18.2 Å². The maximum Gasteiger partial charge on any atom is 0.245 e. The summed E-state index contributed by atoms with van der Waals surface area (Å²) in [5.74, 6) is 0.0679. The Hall–Kier alpha value is -2.60. The molecule has 6 nitrogen and oxygen atoms in total. The quantitative estimate of drug-likeness (QED) is 0.740. The zero-order chi connectivity index (χ0) is 16.5. The van der Waals surface area contributed by atoms with Gasteiger partial charge in [0.25, 0.3) is 0 Å². The zero-order valence-electron chi connectivity index (χ0n) is 13.6. The van der Waals surface area contributed by atoms with Crippen molar-refractivity contribution in [3.63, 3.8) is 0 Å². The molecule has 6 heteroatoms. The Morgan fingerprint density at radius 2 is 2.17 bits per heavy atom. The third kappa shape index (κ3) is 2.59. The van der Waals surface area contributed by atoms with Crippen molar-refractivity contribution < 1.29 is 9.53 Å². The highest BCUT2D eigenvalue weighted by molar-refractivity contribution is 5.82. The predicted molar refractivity (Wildman–Crippen MR) is 90.4 cm³/mol. The van der Waals surface area contributed by atoms with Gasteiger partial charge in [-0.2, -0.15) is 5.10 Å². The number of hydrogen-bond donors (Lipinski definition) is 0. The molecule has 3 aromatic rings. The zero-order valence-corrected chi connectivity index (χ0v) is 13.6. The lowest BCUT2D eigenvalue weighted by atomic mass is 10.1. The van der Waals surface area contributed by atoms with Crippen molar-refractivity contribution >= 4 is 16.8 Å². The van der Waals surface area contributed by atoms with Gasteiger partial charge in [0.05, 0.1) is 31.0 Å². The normalized spacial score (nSPS) is 18.2. The van der Waals surface area contributed by atoms with E-state index in [0.717, 1.165) is 16.6 Å². The number of hydrogen-bond acceptors (Lipinski definition) is 3. The first kappa shape index (κ1) is 15.0. The highest BCUT2D eigenvalue weighted by Gasteiger charge is 2.30. The second-order valence-electron chi connectivity index (χ2n) is 6.08. The molecule has 1 aliphatic rings. The molecule has 3 heterocycles. The smallest absolute Gasteiger partial charge is 0.245 e. The average molecular weight is 324 g/mol. The van der Waals surface area contributed by atoms with Crippen LogP contribution in [0.2, 0.25) is 0 Å². The van der Waals surface area contributed by atoms with Crippen LogP contribution in [0.1, 0.15) is 11.7 Å². The van der Waals surface area contributed by atoms with Gasteiger partial charge < -0.3 is 14.2 Å². The van der Waals surface area contributed by atoms with E-state index in [4.69, 9.17) is 4.74 Å². The maximum atomic E-state index is 12.9. The summed E-state index contributed by atoms with van der Waals surface area (Å²) >= 11 is 0. The number of para-hydroxylation sites is 1. The van der Waals surface area contributed by atoms with Crippen LogP contribution in [-0.2, 0) is 23.1 Å². The summed E-state index contributed by atoms with van der Waals surface area (Å²) in [7, 11) is 1.99. The van der Waals surface area contributed by atoms with Gasteiger partial charge in [-0.25, -0.2) is 0 Å². The first-order valence-electron chi connectivity index (χ1n) is 8.13. The van der Waals surface area contributed by atoms with Crippen LogP contribution in [0.3, 0.4) is 0 Å². The van der Waals surface area contributed by atoms with Gasteiger partial charge in [0, 0.05) is 30.9 Å². The largest absolute Gasteiger partial charge is 0.377 e. The van der Waals surface area contributed by atoms with E-state index >= 15 is 0 Å². The van der Waals surface area contributed by atoms with Crippen molar-refractivity contribution in [2.75, 3.05) is 19.8 Å². The number of fused-ring (bicyclic) bond motifs is 1. The van der Waals surface area contributed by atoms with Crippen molar-refractivity contribution in [2.45, 2.75) is 12.6 Å². The monoisotopic (exact) mass is 324 g/mol. The van der Waals surface area contributed by atoms with Gasteiger partial charge in [-0.15, -0.1) is 0 Å². The van der Waals surface area contributed by atoms with Crippen LogP contribution in [0, 0.1) is 0 Å². The second-order valence-corrected chi connectivity index (χ2v) is 6.08. The number of benzene rings is 1. The first-order valence-corrected chi connectivity index (χ1v) is 8.13. The Bertz CT molecular complexity index is 867. The molecule has 1 atom stereocenters. The number of ether oxygens (including phenoxy) is 1. The van der Waals surface area contributed by atoms with E-state index in [1.807, 2.05) is 59.1 Å². The van der Waals surface area contributed by atoms with Crippen LogP contribution in [0.15, 0.2) is 48.8 Å². The molecular weight excluding hydrogens is 304 g/mol. The van der Waals surface area contributed by atoms with Crippen LogP contribution < -0.4 is 0 Å². The lowest BCUT2D eigenvalue weighted by Crippen LogP contribution is -2.45. The molecule has 1 aromatic carbocycles. The number of carbonyl (C=O) groups is 1. The molecule has 0 saturated carbocycles. The molecule has 24 heavy (non-hydrogen) atoms. The van der Waals surface area contributed by atoms with E-state index in [1.165, 1.54) is 0 Å².